The molecule has 3 heterocycles. The number of carbonyl (C=O) groups is 1. The summed E-state index contributed by atoms with van der Waals surface area (Å²) in [6, 6.07) is 2.04. The maximum atomic E-state index is 12.1. The fraction of sp³-hybridized carbons (Fsp3) is 0.706. The minimum atomic E-state index is 0.150. The Hall–Kier alpha value is -1.69. The number of hydrogen-bond acceptors (Lipinski definition) is 5. The molecule has 0 radical (unpaired) electrons. The first-order chi connectivity index (χ1) is 11.1. The van der Waals surface area contributed by atoms with E-state index in [9.17, 15) is 4.79 Å². The highest BCUT2D eigenvalue weighted by Gasteiger charge is 2.40. The Morgan fingerprint density at radius 3 is 2.74 bits per heavy atom. The second-order valence-electron chi connectivity index (χ2n) is 6.90. The van der Waals surface area contributed by atoms with Crippen LogP contribution in [0.2, 0.25) is 0 Å². The third kappa shape index (κ3) is 3.63. The summed E-state index contributed by atoms with van der Waals surface area (Å²) in [6.45, 7) is 5.64. The Morgan fingerprint density at radius 2 is 2.04 bits per heavy atom. The van der Waals surface area contributed by atoms with E-state index in [0.29, 0.717) is 19.4 Å². The third-order valence-electron chi connectivity index (χ3n) is 5.27. The lowest BCUT2D eigenvalue weighted by atomic mass is 9.72. The van der Waals surface area contributed by atoms with Crippen molar-refractivity contribution in [2.75, 3.05) is 37.7 Å². The predicted molar refractivity (Wildman–Crippen MR) is 88.2 cm³/mol. The molecule has 6 heteroatoms. The molecule has 0 unspecified atom stereocenters. The number of carbonyl (C=O) groups excluding carboxylic acids is 1. The van der Waals surface area contributed by atoms with Gasteiger partial charge in [0.05, 0.1) is 0 Å². The number of aromatic nitrogens is 2. The van der Waals surface area contributed by atoms with Gasteiger partial charge in [-0.2, -0.15) is 0 Å². The van der Waals surface area contributed by atoms with E-state index in [1.54, 1.807) is 6.33 Å². The Kier molecular flexibility index (Phi) is 4.80. The summed E-state index contributed by atoms with van der Waals surface area (Å²) in [5, 5.41) is 9.01. The van der Waals surface area contributed by atoms with Crippen molar-refractivity contribution < 1.29 is 9.90 Å². The number of nitrogens with zero attached hydrogens (tertiary/aromatic N) is 4. The standard InChI is InChI=1S/C17H26N4O2/c1-14-11-15(19-13-18-14)20-8-5-17(6-9-20)4-3-16(23)21(12-17)7-2-10-22/h11,13,22H,2-10,12H2,1H3. The summed E-state index contributed by atoms with van der Waals surface area (Å²) in [5.41, 5.74) is 1.25. The molecule has 1 amide bonds. The Balaban J connectivity index is 1.62. The van der Waals surface area contributed by atoms with Crippen LogP contribution in [0.15, 0.2) is 12.4 Å². The molecule has 1 aromatic heterocycles. The van der Waals surface area contributed by atoms with Gasteiger partial charge in [-0.15, -0.1) is 0 Å². The van der Waals surface area contributed by atoms with E-state index in [1.807, 2.05) is 17.9 Å². The van der Waals surface area contributed by atoms with Crippen molar-refractivity contribution in [2.45, 2.75) is 39.0 Å². The second kappa shape index (κ2) is 6.83. The molecule has 0 aromatic carbocycles. The van der Waals surface area contributed by atoms with Crippen LogP contribution in [0.1, 0.15) is 37.8 Å². The lowest BCUT2D eigenvalue weighted by Crippen LogP contribution is -2.51. The highest BCUT2D eigenvalue weighted by Crippen LogP contribution is 2.40. The quantitative estimate of drug-likeness (QED) is 0.908. The molecule has 1 spiro atoms. The van der Waals surface area contributed by atoms with Crippen molar-refractivity contribution in [1.29, 1.82) is 0 Å². The van der Waals surface area contributed by atoms with Crippen LogP contribution in [-0.4, -0.2) is 58.7 Å². The second-order valence-corrected chi connectivity index (χ2v) is 6.90. The van der Waals surface area contributed by atoms with Crippen LogP contribution in [0.4, 0.5) is 5.82 Å². The number of aryl methyl sites for hydroxylation is 1. The van der Waals surface area contributed by atoms with Crippen LogP contribution in [0, 0.1) is 12.3 Å². The predicted octanol–water partition coefficient (Wildman–Crippen LogP) is 1.38. The molecule has 6 nitrogen and oxygen atoms in total. The lowest BCUT2D eigenvalue weighted by Gasteiger charge is -2.47. The van der Waals surface area contributed by atoms with Gasteiger partial charge >= 0.3 is 0 Å². The van der Waals surface area contributed by atoms with Gasteiger partial charge in [-0.1, -0.05) is 0 Å². The number of aliphatic hydroxyl groups is 1. The lowest BCUT2D eigenvalue weighted by molar-refractivity contribution is -0.138. The van der Waals surface area contributed by atoms with E-state index >= 15 is 0 Å². The normalized spacial score (nSPS) is 21.0. The fourth-order valence-corrected chi connectivity index (χ4v) is 3.80. The molecule has 0 atom stereocenters. The van der Waals surface area contributed by atoms with Gasteiger partial charge < -0.3 is 14.9 Å². The van der Waals surface area contributed by atoms with E-state index in [2.05, 4.69) is 14.9 Å². The number of likely N-dealkylation sites (tertiary alicyclic amines) is 1. The van der Waals surface area contributed by atoms with E-state index in [4.69, 9.17) is 5.11 Å². The van der Waals surface area contributed by atoms with Crippen LogP contribution < -0.4 is 4.90 Å². The molecule has 1 N–H and O–H groups in total. The number of rotatable bonds is 4. The van der Waals surface area contributed by atoms with E-state index < -0.39 is 0 Å². The van der Waals surface area contributed by atoms with Crippen molar-refractivity contribution in [3.05, 3.63) is 18.1 Å². The van der Waals surface area contributed by atoms with Crippen molar-refractivity contribution in [1.82, 2.24) is 14.9 Å². The first-order valence-electron chi connectivity index (χ1n) is 8.54. The van der Waals surface area contributed by atoms with Gasteiger partial charge in [0.25, 0.3) is 0 Å². The highest BCUT2D eigenvalue weighted by atomic mass is 16.3. The maximum Gasteiger partial charge on any atom is 0.222 e. The summed E-state index contributed by atoms with van der Waals surface area (Å²) in [5.74, 6) is 1.26. The van der Waals surface area contributed by atoms with Gasteiger partial charge in [0.1, 0.15) is 12.1 Å². The minimum absolute atomic E-state index is 0.150. The zero-order valence-electron chi connectivity index (χ0n) is 13.9. The zero-order chi connectivity index (χ0) is 16.3. The van der Waals surface area contributed by atoms with Gasteiger partial charge in [0.15, 0.2) is 0 Å². The molecule has 0 aliphatic carbocycles. The molecular formula is C17H26N4O2. The molecule has 2 aliphatic heterocycles. The van der Waals surface area contributed by atoms with Crippen molar-refractivity contribution in [3.8, 4) is 0 Å². The van der Waals surface area contributed by atoms with Crippen LogP contribution in [0.25, 0.3) is 0 Å². The van der Waals surface area contributed by atoms with Crippen LogP contribution >= 0.6 is 0 Å². The Bertz CT molecular complexity index is 555. The maximum absolute atomic E-state index is 12.1. The van der Waals surface area contributed by atoms with Gasteiger partial charge in [0, 0.05) is 51.0 Å². The molecule has 3 rings (SSSR count). The number of aliphatic hydroxyl groups excluding tert-OH is 1. The molecule has 2 fully saturated rings. The smallest absolute Gasteiger partial charge is 0.222 e. The topological polar surface area (TPSA) is 69.6 Å². The summed E-state index contributed by atoms with van der Waals surface area (Å²) >= 11 is 0. The molecule has 2 aliphatic rings. The van der Waals surface area contributed by atoms with E-state index in [0.717, 1.165) is 50.4 Å². The molecule has 2 saturated heterocycles. The summed E-state index contributed by atoms with van der Waals surface area (Å²) in [7, 11) is 0. The monoisotopic (exact) mass is 318 g/mol. The van der Waals surface area contributed by atoms with Gasteiger partial charge in [0.2, 0.25) is 5.91 Å². The van der Waals surface area contributed by atoms with Crippen molar-refractivity contribution in [2.24, 2.45) is 5.41 Å². The van der Waals surface area contributed by atoms with Gasteiger partial charge in [-0.05, 0) is 38.0 Å². The highest BCUT2D eigenvalue weighted by molar-refractivity contribution is 5.77. The minimum Gasteiger partial charge on any atom is -0.396 e. The molecule has 0 saturated carbocycles. The average molecular weight is 318 g/mol. The van der Waals surface area contributed by atoms with E-state index in [-0.39, 0.29) is 17.9 Å². The summed E-state index contributed by atoms with van der Waals surface area (Å²) < 4.78 is 0. The molecule has 126 valence electrons. The largest absolute Gasteiger partial charge is 0.396 e. The van der Waals surface area contributed by atoms with Crippen LogP contribution in [0.3, 0.4) is 0 Å². The van der Waals surface area contributed by atoms with Gasteiger partial charge in [-0.25, -0.2) is 9.97 Å². The molecule has 0 bridgehead atoms. The molecule has 1 aromatic rings. The van der Waals surface area contributed by atoms with Crippen LogP contribution in [0.5, 0.6) is 0 Å². The molecular weight excluding hydrogens is 292 g/mol. The third-order valence-corrected chi connectivity index (χ3v) is 5.27. The molecule has 23 heavy (non-hydrogen) atoms. The zero-order valence-corrected chi connectivity index (χ0v) is 13.9. The first kappa shape index (κ1) is 16.2. The number of hydrogen-bond donors (Lipinski definition) is 1. The van der Waals surface area contributed by atoms with Gasteiger partial charge in [-0.3, -0.25) is 4.79 Å². The summed E-state index contributed by atoms with van der Waals surface area (Å²) in [4.78, 5) is 24.9. The Morgan fingerprint density at radius 1 is 1.26 bits per heavy atom. The van der Waals surface area contributed by atoms with Crippen molar-refractivity contribution in [3.63, 3.8) is 0 Å². The number of amides is 1. The SMILES string of the molecule is Cc1cc(N2CCC3(CCC(=O)N(CCCO)C3)CC2)ncn1. The number of piperidine rings is 2. The summed E-state index contributed by atoms with van der Waals surface area (Å²) in [6.07, 6.45) is 6.15. The first-order valence-corrected chi connectivity index (χ1v) is 8.54. The average Bonchev–Trinajstić information content (AvgIpc) is 2.57. The van der Waals surface area contributed by atoms with E-state index in [1.165, 1.54) is 0 Å². The van der Waals surface area contributed by atoms with Crippen LogP contribution in [-0.2, 0) is 4.79 Å². The Labute approximate surface area is 137 Å². The number of anilines is 1. The fourth-order valence-electron chi connectivity index (χ4n) is 3.80. The van der Waals surface area contributed by atoms with Crippen molar-refractivity contribution >= 4 is 11.7 Å².